The molecule has 1 heterocycles. The van der Waals surface area contributed by atoms with Crippen LogP contribution < -0.4 is 4.74 Å². The van der Waals surface area contributed by atoms with E-state index in [1.54, 1.807) is 17.8 Å². The van der Waals surface area contributed by atoms with Gasteiger partial charge in [0.15, 0.2) is 5.16 Å². The number of hydrogen-bond donors (Lipinski definition) is 0. The second-order valence-electron chi connectivity index (χ2n) is 6.40. The molecule has 0 saturated carbocycles. The lowest BCUT2D eigenvalue weighted by molar-refractivity contribution is 0.453. The van der Waals surface area contributed by atoms with E-state index in [9.17, 15) is 0 Å². The fourth-order valence-electron chi connectivity index (χ4n) is 2.32. The Labute approximate surface area is 163 Å². The van der Waals surface area contributed by atoms with Crippen LogP contribution in [0.5, 0.6) is 11.6 Å². The van der Waals surface area contributed by atoms with Crippen molar-refractivity contribution in [2.45, 2.75) is 37.6 Å². The maximum atomic E-state index is 6.04. The zero-order valence-corrected chi connectivity index (χ0v) is 16.6. The Hall–Kier alpha value is -2.04. The third-order valence-corrected chi connectivity index (χ3v) is 4.95. The average Bonchev–Trinajstić information content (AvgIpc) is 2.61. The van der Waals surface area contributed by atoms with Crippen molar-refractivity contribution in [3.05, 3.63) is 76.4 Å². The number of halogens is 1. The molecule has 3 rings (SSSR count). The van der Waals surface area contributed by atoms with E-state index in [2.05, 4.69) is 55.0 Å². The third-order valence-electron chi connectivity index (χ3n) is 3.80. The van der Waals surface area contributed by atoms with E-state index in [0.717, 1.165) is 11.4 Å². The first kappa shape index (κ1) is 18.7. The van der Waals surface area contributed by atoms with Gasteiger partial charge in [-0.15, -0.1) is 0 Å². The third kappa shape index (κ3) is 5.23. The Balaban J connectivity index is 1.80. The van der Waals surface area contributed by atoms with E-state index < -0.39 is 0 Å². The van der Waals surface area contributed by atoms with Gasteiger partial charge < -0.3 is 4.74 Å². The molecular weight excluding hydrogens is 364 g/mol. The van der Waals surface area contributed by atoms with Gasteiger partial charge in [-0.25, -0.2) is 4.98 Å². The standard InChI is InChI=1S/C21H21ClN2OS/c1-14(2)19-12-20(25-18-6-4-5-17(22)11-18)24-21(23-19)26-13-16-9-7-15(3)8-10-16/h4-12,14H,13H2,1-3H3. The van der Waals surface area contributed by atoms with E-state index in [4.69, 9.17) is 16.3 Å². The van der Waals surface area contributed by atoms with Crippen LogP contribution in [0.2, 0.25) is 5.02 Å². The number of thioether (sulfide) groups is 1. The summed E-state index contributed by atoms with van der Waals surface area (Å²) in [5.74, 6) is 2.31. The molecule has 1 aromatic heterocycles. The van der Waals surface area contributed by atoms with E-state index in [1.807, 2.05) is 24.3 Å². The van der Waals surface area contributed by atoms with Crippen LogP contribution in [0, 0.1) is 6.92 Å². The first-order valence-electron chi connectivity index (χ1n) is 8.50. The highest BCUT2D eigenvalue weighted by Gasteiger charge is 2.11. The minimum absolute atomic E-state index is 0.290. The van der Waals surface area contributed by atoms with Crippen LogP contribution in [-0.2, 0) is 5.75 Å². The topological polar surface area (TPSA) is 35.0 Å². The van der Waals surface area contributed by atoms with Crippen molar-refractivity contribution in [2.75, 3.05) is 0 Å². The molecule has 134 valence electrons. The van der Waals surface area contributed by atoms with Crippen LogP contribution in [0.25, 0.3) is 0 Å². The molecule has 3 aromatic rings. The minimum Gasteiger partial charge on any atom is -0.439 e. The second-order valence-corrected chi connectivity index (χ2v) is 7.78. The maximum absolute atomic E-state index is 6.04. The normalized spacial score (nSPS) is 11.0. The highest BCUT2D eigenvalue weighted by Crippen LogP contribution is 2.28. The molecule has 0 aliphatic heterocycles. The molecule has 0 unspecified atom stereocenters. The van der Waals surface area contributed by atoms with Crippen molar-refractivity contribution in [1.82, 2.24) is 9.97 Å². The molecule has 0 N–H and O–H groups in total. The summed E-state index contributed by atoms with van der Waals surface area (Å²) >= 11 is 7.65. The lowest BCUT2D eigenvalue weighted by atomic mass is 10.1. The van der Waals surface area contributed by atoms with Gasteiger partial charge >= 0.3 is 0 Å². The summed E-state index contributed by atoms with van der Waals surface area (Å²) < 4.78 is 5.91. The number of hydrogen-bond acceptors (Lipinski definition) is 4. The molecule has 0 bridgehead atoms. The van der Waals surface area contributed by atoms with Gasteiger partial charge in [0.25, 0.3) is 0 Å². The number of ether oxygens (including phenoxy) is 1. The first-order valence-corrected chi connectivity index (χ1v) is 9.87. The number of aromatic nitrogens is 2. The zero-order valence-electron chi connectivity index (χ0n) is 15.1. The molecule has 5 heteroatoms. The molecule has 0 atom stereocenters. The SMILES string of the molecule is Cc1ccc(CSc2nc(Oc3cccc(Cl)c3)cc(C(C)C)n2)cc1. The van der Waals surface area contributed by atoms with E-state index >= 15 is 0 Å². The predicted molar refractivity (Wildman–Crippen MR) is 108 cm³/mol. The summed E-state index contributed by atoms with van der Waals surface area (Å²) in [4.78, 5) is 9.23. The fraction of sp³-hybridized carbons (Fsp3) is 0.238. The average molecular weight is 385 g/mol. The molecule has 3 nitrogen and oxygen atoms in total. The highest BCUT2D eigenvalue weighted by molar-refractivity contribution is 7.98. The molecule has 26 heavy (non-hydrogen) atoms. The molecule has 0 fully saturated rings. The van der Waals surface area contributed by atoms with Crippen LogP contribution in [0.3, 0.4) is 0 Å². The van der Waals surface area contributed by atoms with Crippen molar-refractivity contribution in [3.63, 3.8) is 0 Å². The van der Waals surface area contributed by atoms with Crippen LogP contribution in [0.1, 0.15) is 36.6 Å². The fourth-order valence-corrected chi connectivity index (χ4v) is 3.31. The van der Waals surface area contributed by atoms with Gasteiger partial charge in [0.2, 0.25) is 5.88 Å². The summed E-state index contributed by atoms with van der Waals surface area (Å²) in [6.45, 7) is 6.31. The Kier molecular flexibility index (Phi) is 6.17. The van der Waals surface area contributed by atoms with Crippen LogP contribution in [0.15, 0.2) is 59.8 Å². The number of rotatable bonds is 6. The lowest BCUT2D eigenvalue weighted by Crippen LogP contribution is -2.00. The Morgan fingerprint density at radius 1 is 1.04 bits per heavy atom. The molecule has 0 aliphatic rings. The van der Waals surface area contributed by atoms with Crippen molar-refractivity contribution in [1.29, 1.82) is 0 Å². The Morgan fingerprint density at radius 2 is 1.81 bits per heavy atom. The molecule has 0 amide bonds. The molecule has 0 radical (unpaired) electrons. The van der Waals surface area contributed by atoms with Crippen LogP contribution >= 0.6 is 23.4 Å². The quantitative estimate of drug-likeness (QED) is 0.352. The molecule has 2 aromatic carbocycles. The summed E-state index contributed by atoms with van der Waals surface area (Å²) in [6, 6.07) is 17.7. The monoisotopic (exact) mass is 384 g/mol. The van der Waals surface area contributed by atoms with E-state index in [-0.39, 0.29) is 0 Å². The summed E-state index contributed by atoms with van der Waals surface area (Å²) in [6.07, 6.45) is 0. The van der Waals surface area contributed by atoms with Gasteiger partial charge in [0.05, 0.1) is 5.69 Å². The van der Waals surface area contributed by atoms with Crippen LogP contribution in [0.4, 0.5) is 0 Å². The number of nitrogens with zero attached hydrogens (tertiary/aromatic N) is 2. The zero-order chi connectivity index (χ0) is 18.5. The first-order chi connectivity index (χ1) is 12.5. The van der Waals surface area contributed by atoms with Gasteiger partial charge in [-0.1, -0.05) is 73.1 Å². The summed E-state index contributed by atoms with van der Waals surface area (Å²) in [5.41, 5.74) is 3.47. The van der Waals surface area contributed by atoms with Crippen molar-refractivity contribution < 1.29 is 4.74 Å². The molecule has 0 aliphatic carbocycles. The summed E-state index contributed by atoms with van der Waals surface area (Å²) in [7, 11) is 0. The van der Waals surface area contributed by atoms with Gasteiger partial charge in [-0.3, -0.25) is 0 Å². The van der Waals surface area contributed by atoms with Crippen molar-refractivity contribution in [3.8, 4) is 11.6 Å². The largest absolute Gasteiger partial charge is 0.439 e. The maximum Gasteiger partial charge on any atom is 0.223 e. The Bertz CT molecular complexity index is 881. The van der Waals surface area contributed by atoms with E-state index in [1.165, 1.54) is 11.1 Å². The lowest BCUT2D eigenvalue weighted by Gasteiger charge is -2.11. The smallest absolute Gasteiger partial charge is 0.223 e. The van der Waals surface area contributed by atoms with Gasteiger partial charge in [-0.2, -0.15) is 4.98 Å². The molecule has 0 spiro atoms. The second kappa shape index (κ2) is 8.56. The van der Waals surface area contributed by atoms with Gasteiger partial charge in [0, 0.05) is 16.8 Å². The summed E-state index contributed by atoms with van der Waals surface area (Å²) in [5, 5.41) is 1.35. The van der Waals surface area contributed by atoms with E-state index in [0.29, 0.717) is 27.7 Å². The number of benzene rings is 2. The molecular formula is C21H21ClN2OS. The molecule has 0 saturated heterocycles. The van der Waals surface area contributed by atoms with Gasteiger partial charge in [-0.05, 0) is 36.6 Å². The van der Waals surface area contributed by atoms with Crippen molar-refractivity contribution >= 4 is 23.4 Å². The van der Waals surface area contributed by atoms with Gasteiger partial charge in [0.1, 0.15) is 5.75 Å². The highest BCUT2D eigenvalue weighted by atomic mass is 35.5. The predicted octanol–water partition coefficient (Wildman–Crippen LogP) is 6.65. The van der Waals surface area contributed by atoms with Crippen molar-refractivity contribution in [2.24, 2.45) is 0 Å². The number of aryl methyl sites for hydroxylation is 1. The van der Waals surface area contributed by atoms with Crippen LogP contribution in [-0.4, -0.2) is 9.97 Å². The Morgan fingerprint density at radius 3 is 2.50 bits per heavy atom. The minimum atomic E-state index is 0.290.